The molecule has 92 valence electrons. The monoisotopic (exact) mass is 297 g/mol. The lowest BCUT2D eigenvalue weighted by Gasteiger charge is -2.21. The molecule has 0 fully saturated rings. The molecule has 1 unspecified atom stereocenters. The van der Waals surface area contributed by atoms with E-state index in [1.165, 1.54) is 18.1 Å². The number of allylic oxidation sites excluding steroid dienone is 1. The van der Waals surface area contributed by atoms with Crippen molar-refractivity contribution in [2.24, 2.45) is 0 Å². The summed E-state index contributed by atoms with van der Waals surface area (Å²) in [7, 11) is 0. The summed E-state index contributed by atoms with van der Waals surface area (Å²) in [5, 5.41) is 3.38. The fourth-order valence-corrected chi connectivity index (χ4v) is 2.94. The second-order valence-corrected chi connectivity index (χ2v) is 5.15. The van der Waals surface area contributed by atoms with Crippen LogP contribution in [0.1, 0.15) is 37.8 Å². The van der Waals surface area contributed by atoms with E-state index in [1.807, 2.05) is 6.07 Å². The molecule has 0 amide bonds. The quantitative estimate of drug-likeness (QED) is 0.815. The summed E-state index contributed by atoms with van der Waals surface area (Å²) in [6, 6.07) is 5.17. The Morgan fingerprint density at radius 1 is 1.47 bits per heavy atom. The molecule has 1 N–H and O–H groups in total. The fourth-order valence-electron chi connectivity index (χ4n) is 2.37. The molecule has 1 aliphatic rings. The zero-order valence-electron chi connectivity index (χ0n) is 9.97. The second kappa shape index (κ2) is 5.78. The number of rotatable bonds is 4. The van der Waals surface area contributed by atoms with Crippen LogP contribution in [-0.2, 0) is 0 Å². The molecule has 1 nitrogen and oxygen atoms in total. The Kier molecular flexibility index (Phi) is 4.35. The normalized spacial score (nSPS) is 17.0. The summed E-state index contributed by atoms with van der Waals surface area (Å²) in [5.41, 5.74) is 2.06. The molecular weight excluding hydrogens is 281 g/mol. The van der Waals surface area contributed by atoms with Crippen molar-refractivity contribution in [2.75, 3.05) is 6.54 Å². The molecule has 0 bridgehead atoms. The second-order valence-electron chi connectivity index (χ2n) is 4.30. The van der Waals surface area contributed by atoms with E-state index >= 15 is 0 Å². The molecule has 0 saturated heterocycles. The Morgan fingerprint density at radius 3 is 2.88 bits per heavy atom. The molecule has 1 aromatic carbocycles. The minimum Gasteiger partial charge on any atom is -0.307 e. The third-order valence-electron chi connectivity index (χ3n) is 3.14. The Hall–Kier alpha value is -0.670. The highest BCUT2D eigenvalue weighted by Gasteiger charge is 2.23. The van der Waals surface area contributed by atoms with E-state index in [0.717, 1.165) is 29.4 Å². The van der Waals surface area contributed by atoms with Crippen LogP contribution in [0.5, 0.6) is 0 Å². The van der Waals surface area contributed by atoms with Crippen LogP contribution in [0.2, 0.25) is 0 Å². The van der Waals surface area contributed by atoms with Gasteiger partial charge < -0.3 is 5.32 Å². The van der Waals surface area contributed by atoms with Gasteiger partial charge >= 0.3 is 0 Å². The van der Waals surface area contributed by atoms with Gasteiger partial charge in [0.2, 0.25) is 0 Å². The third-order valence-corrected chi connectivity index (χ3v) is 3.84. The maximum absolute atomic E-state index is 14.0. The Morgan fingerprint density at radius 2 is 2.29 bits per heavy atom. The molecule has 0 aromatic heterocycles. The summed E-state index contributed by atoms with van der Waals surface area (Å²) in [6.45, 7) is 2.89. The summed E-state index contributed by atoms with van der Waals surface area (Å²) in [6.07, 6.45) is 5.61. The first kappa shape index (κ1) is 12.8. The molecule has 17 heavy (non-hydrogen) atoms. The highest BCUT2D eigenvalue weighted by atomic mass is 79.9. The first-order valence-electron chi connectivity index (χ1n) is 6.10. The maximum Gasteiger partial charge on any atom is 0.129 e. The standard InChI is InChI=1S/C14H17BrFN/c1-2-17-14(10-6-3-4-7-10)13-11(15)8-5-9-12(13)16/h5-6,8-9,14,17H,2-4,7H2,1H3. The molecule has 0 saturated carbocycles. The predicted octanol–water partition coefficient (Wildman–Crippen LogP) is 4.35. The van der Waals surface area contributed by atoms with Gasteiger partial charge in [-0.25, -0.2) is 4.39 Å². The van der Waals surface area contributed by atoms with Crippen molar-refractivity contribution in [2.45, 2.75) is 32.2 Å². The first-order valence-corrected chi connectivity index (χ1v) is 6.89. The van der Waals surface area contributed by atoms with Crippen molar-refractivity contribution >= 4 is 15.9 Å². The zero-order chi connectivity index (χ0) is 12.3. The third kappa shape index (κ3) is 2.78. The molecule has 0 spiro atoms. The van der Waals surface area contributed by atoms with Crippen LogP contribution in [0.25, 0.3) is 0 Å². The number of hydrogen-bond donors (Lipinski definition) is 1. The maximum atomic E-state index is 14.0. The average Bonchev–Trinajstić information content (AvgIpc) is 2.80. The molecule has 2 rings (SSSR count). The van der Waals surface area contributed by atoms with E-state index in [9.17, 15) is 4.39 Å². The molecule has 0 aliphatic heterocycles. The Bertz CT molecular complexity index is 408. The Labute approximate surface area is 110 Å². The van der Waals surface area contributed by atoms with Gasteiger partial charge in [0.25, 0.3) is 0 Å². The molecule has 1 aliphatic carbocycles. The SMILES string of the molecule is CCNC(C1=CCCC1)c1c(F)cccc1Br. The van der Waals surface area contributed by atoms with Crippen molar-refractivity contribution in [3.63, 3.8) is 0 Å². The topological polar surface area (TPSA) is 12.0 Å². The van der Waals surface area contributed by atoms with E-state index < -0.39 is 0 Å². The van der Waals surface area contributed by atoms with Crippen LogP contribution < -0.4 is 5.32 Å². The van der Waals surface area contributed by atoms with E-state index in [0.29, 0.717) is 0 Å². The van der Waals surface area contributed by atoms with Gasteiger partial charge in [-0.15, -0.1) is 0 Å². The first-order chi connectivity index (χ1) is 8.24. The molecule has 0 heterocycles. The molecule has 0 radical (unpaired) electrons. The number of likely N-dealkylation sites (N-methyl/N-ethyl adjacent to an activating group) is 1. The predicted molar refractivity (Wildman–Crippen MR) is 72.5 cm³/mol. The van der Waals surface area contributed by atoms with Gasteiger partial charge in [0.05, 0.1) is 6.04 Å². The van der Waals surface area contributed by atoms with Gasteiger partial charge in [0.1, 0.15) is 5.82 Å². The zero-order valence-corrected chi connectivity index (χ0v) is 11.6. The van der Waals surface area contributed by atoms with Crippen LogP contribution >= 0.6 is 15.9 Å². The van der Waals surface area contributed by atoms with Crippen LogP contribution in [0.15, 0.2) is 34.3 Å². The van der Waals surface area contributed by atoms with Gasteiger partial charge in [-0.2, -0.15) is 0 Å². The van der Waals surface area contributed by atoms with Crippen molar-refractivity contribution < 1.29 is 4.39 Å². The highest BCUT2D eigenvalue weighted by Crippen LogP contribution is 2.35. The highest BCUT2D eigenvalue weighted by molar-refractivity contribution is 9.10. The molecule has 3 heteroatoms. The summed E-state index contributed by atoms with van der Waals surface area (Å²) >= 11 is 3.46. The smallest absolute Gasteiger partial charge is 0.129 e. The number of halogens is 2. The van der Waals surface area contributed by atoms with E-state index in [-0.39, 0.29) is 11.9 Å². The van der Waals surface area contributed by atoms with Gasteiger partial charge in [-0.1, -0.05) is 40.6 Å². The van der Waals surface area contributed by atoms with Gasteiger partial charge in [-0.3, -0.25) is 0 Å². The van der Waals surface area contributed by atoms with E-state index in [1.54, 1.807) is 6.07 Å². The van der Waals surface area contributed by atoms with Crippen LogP contribution in [0, 0.1) is 5.82 Å². The number of nitrogens with one attached hydrogen (secondary N) is 1. The lowest BCUT2D eigenvalue weighted by atomic mass is 9.97. The number of benzene rings is 1. The summed E-state index contributed by atoms with van der Waals surface area (Å²) in [5.74, 6) is -0.141. The minimum atomic E-state index is -0.141. The van der Waals surface area contributed by atoms with Crippen LogP contribution in [-0.4, -0.2) is 6.54 Å². The van der Waals surface area contributed by atoms with Crippen molar-refractivity contribution in [3.8, 4) is 0 Å². The number of hydrogen-bond acceptors (Lipinski definition) is 1. The van der Waals surface area contributed by atoms with E-state index in [4.69, 9.17) is 0 Å². The molecule has 1 aromatic rings. The van der Waals surface area contributed by atoms with Crippen LogP contribution in [0.4, 0.5) is 4.39 Å². The van der Waals surface area contributed by atoms with Crippen molar-refractivity contribution in [3.05, 3.63) is 45.7 Å². The minimum absolute atomic E-state index is 0.0121. The van der Waals surface area contributed by atoms with Crippen LogP contribution in [0.3, 0.4) is 0 Å². The van der Waals surface area contributed by atoms with E-state index in [2.05, 4.69) is 34.2 Å². The van der Waals surface area contributed by atoms with Gasteiger partial charge in [-0.05, 0) is 37.9 Å². The van der Waals surface area contributed by atoms with Crippen molar-refractivity contribution in [1.82, 2.24) is 5.32 Å². The average molecular weight is 298 g/mol. The summed E-state index contributed by atoms with van der Waals surface area (Å²) < 4.78 is 14.8. The fraction of sp³-hybridized carbons (Fsp3) is 0.429. The summed E-state index contributed by atoms with van der Waals surface area (Å²) in [4.78, 5) is 0. The largest absolute Gasteiger partial charge is 0.307 e. The van der Waals surface area contributed by atoms with Gasteiger partial charge in [0.15, 0.2) is 0 Å². The van der Waals surface area contributed by atoms with Gasteiger partial charge in [0, 0.05) is 10.0 Å². The lowest BCUT2D eigenvalue weighted by molar-refractivity contribution is 0.545. The molecular formula is C14H17BrFN. The lowest BCUT2D eigenvalue weighted by Crippen LogP contribution is -2.23. The molecule has 1 atom stereocenters. The van der Waals surface area contributed by atoms with Crippen molar-refractivity contribution in [1.29, 1.82) is 0 Å². The Balaban J connectivity index is 2.38.